The molecular formula is C12H11F2N3O2. The van der Waals surface area contributed by atoms with Gasteiger partial charge in [0.1, 0.15) is 11.4 Å². The second-order valence-corrected chi connectivity index (χ2v) is 3.67. The van der Waals surface area contributed by atoms with E-state index in [1.54, 1.807) is 0 Å². The van der Waals surface area contributed by atoms with Crippen molar-refractivity contribution in [3.63, 3.8) is 0 Å². The van der Waals surface area contributed by atoms with Gasteiger partial charge in [-0.1, -0.05) is 17.3 Å². The van der Waals surface area contributed by atoms with Crippen LogP contribution >= 0.6 is 0 Å². The number of nitrogens with zero attached hydrogens (tertiary/aromatic N) is 3. The summed E-state index contributed by atoms with van der Waals surface area (Å²) in [7, 11) is 0. The van der Waals surface area contributed by atoms with Crippen molar-refractivity contribution in [1.29, 1.82) is 0 Å². The lowest BCUT2D eigenvalue weighted by molar-refractivity contribution is -0.0498. The number of aryl methyl sites for hydroxylation is 1. The van der Waals surface area contributed by atoms with Gasteiger partial charge in [-0.2, -0.15) is 8.78 Å². The first-order valence-corrected chi connectivity index (χ1v) is 5.60. The number of ketones is 1. The van der Waals surface area contributed by atoms with Crippen LogP contribution in [0.2, 0.25) is 0 Å². The van der Waals surface area contributed by atoms with Gasteiger partial charge in [0.05, 0.1) is 6.20 Å². The Morgan fingerprint density at radius 1 is 1.47 bits per heavy atom. The van der Waals surface area contributed by atoms with Crippen molar-refractivity contribution in [2.75, 3.05) is 0 Å². The van der Waals surface area contributed by atoms with Crippen LogP contribution in [0.25, 0.3) is 0 Å². The van der Waals surface area contributed by atoms with E-state index >= 15 is 0 Å². The molecule has 1 aromatic heterocycles. The largest absolute Gasteiger partial charge is 0.435 e. The second-order valence-electron chi connectivity index (χ2n) is 3.67. The maximum absolute atomic E-state index is 12.2. The summed E-state index contributed by atoms with van der Waals surface area (Å²) >= 11 is 0. The molecule has 19 heavy (non-hydrogen) atoms. The molecule has 5 nitrogen and oxygen atoms in total. The number of hydrogen-bond acceptors (Lipinski definition) is 4. The van der Waals surface area contributed by atoms with Crippen LogP contribution in [0.3, 0.4) is 0 Å². The molecule has 7 heteroatoms. The molecule has 0 aliphatic carbocycles. The van der Waals surface area contributed by atoms with Gasteiger partial charge in [-0.15, -0.1) is 5.10 Å². The molecule has 1 heterocycles. The minimum absolute atomic E-state index is 0.0589. The summed E-state index contributed by atoms with van der Waals surface area (Å²) in [5.74, 6) is -0.400. The molecule has 0 N–H and O–H groups in total. The van der Waals surface area contributed by atoms with Crippen molar-refractivity contribution in [3.05, 3.63) is 41.7 Å². The molecule has 0 amide bonds. The van der Waals surface area contributed by atoms with E-state index in [0.29, 0.717) is 12.2 Å². The zero-order valence-electron chi connectivity index (χ0n) is 10.1. The SMILES string of the molecule is CCn1nncc1C(=O)c1cccc(OC(F)F)c1. The quantitative estimate of drug-likeness (QED) is 0.779. The highest BCUT2D eigenvalue weighted by atomic mass is 19.3. The van der Waals surface area contributed by atoms with Gasteiger partial charge in [0, 0.05) is 12.1 Å². The predicted octanol–water partition coefficient (Wildman–Crippen LogP) is 2.13. The van der Waals surface area contributed by atoms with E-state index in [4.69, 9.17) is 0 Å². The van der Waals surface area contributed by atoms with E-state index in [9.17, 15) is 13.6 Å². The molecule has 100 valence electrons. The fourth-order valence-corrected chi connectivity index (χ4v) is 1.63. The predicted molar refractivity (Wildman–Crippen MR) is 62.2 cm³/mol. The van der Waals surface area contributed by atoms with Gasteiger partial charge in [0.25, 0.3) is 0 Å². The number of rotatable bonds is 5. The van der Waals surface area contributed by atoms with E-state index < -0.39 is 6.61 Å². The number of halogens is 2. The average molecular weight is 267 g/mol. The Morgan fingerprint density at radius 3 is 2.95 bits per heavy atom. The van der Waals surface area contributed by atoms with E-state index in [2.05, 4.69) is 15.0 Å². The standard InChI is InChI=1S/C12H11F2N3O2/c1-2-17-10(7-15-16-17)11(18)8-4-3-5-9(6-8)19-12(13)14/h3-7,12H,2H2,1H3. The maximum atomic E-state index is 12.2. The van der Waals surface area contributed by atoms with Gasteiger partial charge in [-0.3, -0.25) is 4.79 Å². The number of aromatic nitrogens is 3. The zero-order chi connectivity index (χ0) is 13.8. The van der Waals surface area contributed by atoms with Gasteiger partial charge in [-0.05, 0) is 19.1 Å². The molecule has 0 spiro atoms. The van der Waals surface area contributed by atoms with Crippen molar-refractivity contribution in [3.8, 4) is 5.75 Å². The first kappa shape index (κ1) is 13.1. The van der Waals surface area contributed by atoms with Crippen LogP contribution in [0.4, 0.5) is 8.78 Å². The minimum atomic E-state index is -2.92. The first-order valence-electron chi connectivity index (χ1n) is 5.60. The van der Waals surface area contributed by atoms with Crippen molar-refractivity contribution < 1.29 is 18.3 Å². The Balaban J connectivity index is 2.29. The third-order valence-corrected chi connectivity index (χ3v) is 2.47. The first-order chi connectivity index (χ1) is 9.11. The fourth-order valence-electron chi connectivity index (χ4n) is 1.63. The molecule has 2 rings (SSSR count). The highest BCUT2D eigenvalue weighted by Gasteiger charge is 2.16. The molecule has 1 aromatic carbocycles. The lowest BCUT2D eigenvalue weighted by atomic mass is 10.1. The van der Waals surface area contributed by atoms with Crippen LogP contribution in [0.5, 0.6) is 5.75 Å². The molecule has 0 unspecified atom stereocenters. The van der Waals surface area contributed by atoms with E-state index in [1.807, 2.05) is 6.92 Å². The molecule has 0 fully saturated rings. The van der Waals surface area contributed by atoms with Crippen molar-refractivity contribution in [1.82, 2.24) is 15.0 Å². The lowest BCUT2D eigenvalue weighted by Gasteiger charge is -2.06. The van der Waals surface area contributed by atoms with Crippen molar-refractivity contribution >= 4 is 5.78 Å². The van der Waals surface area contributed by atoms with Gasteiger partial charge in [-0.25, -0.2) is 4.68 Å². The summed E-state index contributed by atoms with van der Waals surface area (Å²) in [5, 5.41) is 7.40. The Morgan fingerprint density at radius 2 is 2.26 bits per heavy atom. The second kappa shape index (κ2) is 5.55. The summed E-state index contributed by atoms with van der Waals surface area (Å²) in [6.07, 6.45) is 1.34. The van der Waals surface area contributed by atoms with Crippen LogP contribution in [-0.2, 0) is 6.54 Å². The molecule has 0 aliphatic rings. The third-order valence-electron chi connectivity index (χ3n) is 2.47. The summed E-state index contributed by atoms with van der Waals surface area (Å²) in [6.45, 7) is -0.607. The minimum Gasteiger partial charge on any atom is -0.435 e. The summed E-state index contributed by atoms with van der Waals surface area (Å²) in [5.41, 5.74) is 0.548. The Kier molecular flexibility index (Phi) is 3.84. The van der Waals surface area contributed by atoms with Crippen LogP contribution in [0.15, 0.2) is 30.5 Å². The topological polar surface area (TPSA) is 57.0 Å². The van der Waals surface area contributed by atoms with Gasteiger partial charge >= 0.3 is 6.61 Å². The number of carbonyl (C=O) groups excluding carboxylic acids is 1. The number of ether oxygens (including phenoxy) is 1. The highest BCUT2D eigenvalue weighted by Crippen LogP contribution is 2.18. The Labute approximate surface area is 107 Å². The average Bonchev–Trinajstić information content (AvgIpc) is 2.85. The molecule has 0 radical (unpaired) electrons. The number of carbonyl (C=O) groups is 1. The molecule has 0 saturated carbocycles. The third kappa shape index (κ3) is 2.93. The molecule has 0 atom stereocenters. The number of benzene rings is 1. The van der Waals surface area contributed by atoms with E-state index in [-0.39, 0.29) is 17.1 Å². The lowest BCUT2D eigenvalue weighted by Crippen LogP contribution is -2.11. The maximum Gasteiger partial charge on any atom is 0.387 e. The van der Waals surface area contributed by atoms with Crippen molar-refractivity contribution in [2.24, 2.45) is 0 Å². The monoisotopic (exact) mass is 267 g/mol. The molecule has 0 bridgehead atoms. The Hall–Kier alpha value is -2.31. The zero-order valence-corrected chi connectivity index (χ0v) is 10.1. The summed E-state index contributed by atoms with van der Waals surface area (Å²) in [4.78, 5) is 12.2. The van der Waals surface area contributed by atoms with E-state index in [0.717, 1.165) is 0 Å². The van der Waals surface area contributed by atoms with Gasteiger partial charge in [0.2, 0.25) is 5.78 Å². The van der Waals surface area contributed by atoms with Crippen molar-refractivity contribution in [2.45, 2.75) is 20.1 Å². The molecule has 2 aromatic rings. The number of hydrogen-bond donors (Lipinski definition) is 0. The Bertz CT molecular complexity index is 584. The normalized spacial score (nSPS) is 10.7. The highest BCUT2D eigenvalue weighted by molar-refractivity contribution is 6.07. The smallest absolute Gasteiger partial charge is 0.387 e. The molecule has 0 aliphatic heterocycles. The number of alkyl halides is 2. The van der Waals surface area contributed by atoms with Crippen LogP contribution in [0.1, 0.15) is 23.0 Å². The van der Waals surface area contributed by atoms with Gasteiger partial charge < -0.3 is 4.74 Å². The van der Waals surface area contributed by atoms with Gasteiger partial charge in [0.15, 0.2) is 0 Å². The van der Waals surface area contributed by atoms with Crippen LogP contribution < -0.4 is 4.74 Å². The van der Waals surface area contributed by atoms with Crippen LogP contribution in [0, 0.1) is 0 Å². The molecular weight excluding hydrogens is 256 g/mol. The molecule has 0 saturated heterocycles. The van der Waals surface area contributed by atoms with Crippen LogP contribution in [-0.4, -0.2) is 27.4 Å². The fraction of sp³-hybridized carbons (Fsp3) is 0.250. The summed E-state index contributed by atoms with van der Waals surface area (Å²) < 4.78 is 29.9. The summed E-state index contributed by atoms with van der Waals surface area (Å²) in [6, 6.07) is 5.62. The van der Waals surface area contributed by atoms with E-state index in [1.165, 1.54) is 35.1 Å².